The van der Waals surface area contributed by atoms with Gasteiger partial charge in [-0.15, -0.1) is 0 Å². The third kappa shape index (κ3) is 6.06. The molecule has 0 spiro atoms. The third-order valence-corrected chi connectivity index (χ3v) is 2.60. The summed E-state index contributed by atoms with van der Waals surface area (Å²) in [5, 5.41) is 0. The Bertz CT molecular complexity index is 634. The summed E-state index contributed by atoms with van der Waals surface area (Å²) in [5.41, 5.74) is 0.326. The molecule has 1 heterocycles. The van der Waals surface area contributed by atoms with Gasteiger partial charge < -0.3 is 0 Å². The molecule has 0 radical (unpaired) electrons. The summed E-state index contributed by atoms with van der Waals surface area (Å²) in [6, 6.07) is 10.8. The van der Waals surface area contributed by atoms with Crippen molar-refractivity contribution in [2.45, 2.75) is 26.4 Å². The number of allylic oxidation sites excluding steroid dienone is 1. The number of hydrogen-bond donors (Lipinski definition) is 0. The number of hydrogen-bond acceptors (Lipinski definition) is 2. The first-order valence-electron chi connectivity index (χ1n) is 7.18. The van der Waals surface area contributed by atoms with Crippen molar-refractivity contribution >= 4 is 17.4 Å². The predicted molar refractivity (Wildman–Crippen MR) is 85.6 cm³/mol. The van der Waals surface area contributed by atoms with E-state index in [-0.39, 0.29) is 11.1 Å². The zero-order valence-electron chi connectivity index (χ0n) is 13.0. The van der Waals surface area contributed by atoms with Crippen molar-refractivity contribution in [1.29, 1.82) is 0 Å². The molecule has 0 aliphatic heterocycles. The number of aromatic nitrogens is 1. The summed E-state index contributed by atoms with van der Waals surface area (Å²) in [4.78, 5) is 15.3. The Labute approximate surface area is 133 Å². The number of carbonyl (C=O) groups excluding carboxylic acids is 1. The van der Waals surface area contributed by atoms with E-state index in [2.05, 4.69) is 18.8 Å². The maximum Gasteiger partial charge on any atom is 0.454 e. The van der Waals surface area contributed by atoms with Crippen LogP contribution in [-0.2, 0) is 4.79 Å². The Kier molecular flexibility index (Phi) is 7.19. The number of benzene rings is 1. The average Bonchev–Trinajstić information content (AvgIpc) is 2.54. The highest BCUT2D eigenvalue weighted by Gasteiger charge is 2.40. The number of rotatable bonds is 3. The fourth-order valence-corrected chi connectivity index (χ4v) is 1.68. The van der Waals surface area contributed by atoms with Crippen LogP contribution in [0.4, 0.5) is 13.2 Å². The van der Waals surface area contributed by atoms with Gasteiger partial charge in [-0.25, -0.2) is 0 Å². The Morgan fingerprint density at radius 1 is 1.04 bits per heavy atom. The van der Waals surface area contributed by atoms with Gasteiger partial charge in [0, 0.05) is 18.0 Å². The highest BCUT2D eigenvalue weighted by Crippen LogP contribution is 2.28. The van der Waals surface area contributed by atoms with Gasteiger partial charge in [-0.05, 0) is 29.3 Å². The van der Waals surface area contributed by atoms with Crippen LogP contribution in [0.25, 0.3) is 11.6 Å². The molecule has 2 rings (SSSR count). The van der Waals surface area contributed by atoms with Crippen LogP contribution in [0.1, 0.15) is 31.4 Å². The molecule has 0 unspecified atom stereocenters. The summed E-state index contributed by atoms with van der Waals surface area (Å²) < 4.78 is 38.1. The van der Waals surface area contributed by atoms with Gasteiger partial charge in [0.2, 0.25) is 0 Å². The van der Waals surface area contributed by atoms with Crippen molar-refractivity contribution in [2.24, 2.45) is 0 Å². The van der Waals surface area contributed by atoms with Crippen LogP contribution in [0.5, 0.6) is 0 Å². The molecule has 2 aromatic rings. The highest BCUT2D eigenvalue weighted by atomic mass is 19.4. The average molecular weight is 321 g/mol. The number of Topliss-reactive ketones (excluding diaryl/α,β-unsaturated/α-hetero) is 1. The molecule has 0 bridgehead atoms. The number of alkyl halides is 3. The SMILES string of the molecule is CCC.O=C(/C(=C/c1ccncc1)c1ccccc1)C(F)(F)F. The lowest BCUT2D eigenvalue weighted by Crippen LogP contribution is -2.23. The highest BCUT2D eigenvalue weighted by molar-refractivity contribution is 6.27. The molecule has 0 saturated heterocycles. The van der Waals surface area contributed by atoms with E-state index in [1.807, 2.05) is 0 Å². The fraction of sp³-hybridized carbons (Fsp3) is 0.222. The first-order valence-corrected chi connectivity index (χ1v) is 7.18. The molecule has 0 atom stereocenters. The second-order valence-electron chi connectivity index (χ2n) is 4.74. The van der Waals surface area contributed by atoms with Gasteiger partial charge in [0.1, 0.15) is 0 Å². The molecular weight excluding hydrogens is 303 g/mol. The molecule has 23 heavy (non-hydrogen) atoms. The van der Waals surface area contributed by atoms with E-state index >= 15 is 0 Å². The number of carbonyl (C=O) groups is 1. The van der Waals surface area contributed by atoms with E-state index < -0.39 is 12.0 Å². The van der Waals surface area contributed by atoms with Crippen molar-refractivity contribution in [1.82, 2.24) is 4.98 Å². The van der Waals surface area contributed by atoms with E-state index in [0.717, 1.165) is 0 Å². The minimum Gasteiger partial charge on any atom is -0.284 e. The van der Waals surface area contributed by atoms with Gasteiger partial charge in [-0.1, -0.05) is 50.6 Å². The molecule has 0 aliphatic carbocycles. The van der Waals surface area contributed by atoms with Crippen LogP contribution in [-0.4, -0.2) is 16.9 Å². The lowest BCUT2D eigenvalue weighted by Gasteiger charge is -2.10. The van der Waals surface area contributed by atoms with E-state index in [4.69, 9.17) is 0 Å². The fourth-order valence-electron chi connectivity index (χ4n) is 1.68. The van der Waals surface area contributed by atoms with Crippen LogP contribution < -0.4 is 0 Å². The van der Waals surface area contributed by atoms with Crippen LogP contribution in [0.15, 0.2) is 54.9 Å². The number of halogens is 3. The van der Waals surface area contributed by atoms with Crippen LogP contribution in [0.3, 0.4) is 0 Å². The smallest absolute Gasteiger partial charge is 0.284 e. The Hall–Kier alpha value is -2.43. The lowest BCUT2D eigenvalue weighted by atomic mass is 9.99. The maximum absolute atomic E-state index is 12.7. The second-order valence-corrected chi connectivity index (χ2v) is 4.74. The van der Waals surface area contributed by atoms with Gasteiger partial charge in [-0.3, -0.25) is 9.78 Å². The number of nitrogens with zero attached hydrogens (tertiary/aromatic N) is 1. The number of ketones is 1. The monoisotopic (exact) mass is 321 g/mol. The minimum atomic E-state index is -4.91. The van der Waals surface area contributed by atoms with E-state index in [0.29, 0.717) is 5.56 Å². The molecular formula is C18H18F3NO. The molecule has 0 amide bonds. The van der Waals surface area contributed by atoms with Gasteiger partial charge in [0.25, 0.3) is 5.78 Å². The van der Waals surface area contributed by atoms with Crippen molar-refractivity contribution in [3.05, 3.63) is 66.0 Å². The molecule has 0 aliphatic rings. The normalized spacial score (nSPS) is 11.4. The quantitative estimate of drug-likeness (QED) is 0.730. The first-order chi connectivity index (χ1) is 10.9. The Morgan fingerprint density at radius 2 is 1.57 bits per heavy atom. The summed E-state index contributed by atoms with van der Waals surface area (Å²) >= 11 is 0. The maximum atomic E-state index is 12.7. The van der Waals surface area contributed by atoms with E-state index in [1.165, 1.54) is 49.2 Å². The molecule has 0 N–H and O–H groups in total. The summed E-state index contributed by atoms with van der Waals surface area (Å²) in [6.07, 6.45) is 0.459. The first kappa shape index (κ1) is 18.6. The summed E-state index contributed by atoms with van der Waals surface area (Å²) in [5.74, 6) is -1.86. The molecule has 1 aromatic carbocycles. The van der Waals surface area contributed by atoms with Gasteiger partial charge in [0.15, 0.2) is 0 Å². The molecule has 1 aromatic heterocycles. The molecule has 0 fully saturated rings. The van der Waals surface area contributed by atoms with Gasteiger partial charge >= 0.3 is 6.18 Å². The second kappa shape index (κ2) is 8.88. The zero-order chi connectivity index (χ0) is 17.3. The molecule has 2 nitrogen and oxygen atoms in total. The van der Waals surface area contributed by atoms with Crippen LogP contribution in [0.2, 0.25) is 0 Å². The molecule has 0 saturated carbocycles. The summed E-state index contributed by atoms with van der Waals surface area (Å²) in [6.45, 7) is 4.25. The minimum absolute atomic E-state index is 0.228. The van der Waals surface area contributed by atoms with Crippen molar-refractivity contribution in [3.63, 3.8) is 0 Å². The van der Waals surface area contributed by atoms with E-state index in [1.54, 1.807) is 18.2 Å². The number of pyridine rings is 1. The zero-order valence-corrected chi connectivity index (χ0v) is 13.0. The van der Waals surface area contributed by atoms with Crippen molar-refractivity contribution in [2.75, 3.05) is 0 Å². The largest absolute Gasteiger partial charge is 0.454 e. The standard InChI is InChI=1S/C15H10F3NO.C3H8/c16-15(17,18)14(20)13(12-4-2-1-3-5-12)10-11-6-8-19-9-7-11;1-3-2/h1-10H;3H2,1-2H3/b13-10+;. The van der Waals surface area contributed by atoms with Gasteiger partial charge in [-0.2, -0.15) is 13.2 Å². The van der Waals surface area contributed by atoms with E-state index in [9.17, 15) is 18.0 Å². The molecule has 122 valence electrons. The van der Waals surface area contributed by atoms with Crippen molar-refractivity contribution in [3.8, 4) is 0 Å². The Morgan fingerprint density at radius 3 is 2.04 bits per heavy atom. The third-order valence-electron chi connectivity index (χ3n) is 2.60. The Balaban J connectivity index is 0.000000816. The topological polar surface area (TPSA) is 30.0 Å². The van der Waals surface area contributed by atoms with Gasteiger partial charge in [0.05, 0.1) is 0 Å². The van der Waals surface area contributed by atoms with Crippen LogP contribution in [0, 0.1) is 0 Å². The predicted octanol–water partition coefficient (Wildman–Crippen LogP) is 5.17. The lowest BCUT2D eigenvalue weighted by molar-refractivity contribution is -0.164. The molecule has 5 heteroatoms. The van der Waals surface area contributed by atoms with Crippen LogP contribution >= 0.6 is 0 Å². The van der Waals surface area contributed by atoms with Crippen molar-refractivity contribution < 1.29 is 18.0 Å². The summed E-state index contributed by atoms with van der Waals surface area (Å²) in [7, 11) is 0.